The van der Waals surface area contributed by atoms with Gasteiger partial charge < -0.3 is 15.4 Å². The zero-order chi connectivity index (χ0) is 23.3. The number of halogens is 3. The van der Waals surface area contributed by atoms with Crippen molar-refractivity contribution in [3.05, 3.63) is 47.1 Å². The molecule has 1 aliphatic heterocycles. The molecule has 3 amide bonds. The Balaban J connectivity index is 1.59. The fourth-order valence-corrected chi connectivity index (χ4v) is 3.76. The van der Waals surface area contributed by atoms with Gasteiger partial charge in [0.15, 0.2) is 5.65 Å². The summed E-state index contributed by atoms with van der Waals surface area (Å²) in [5.74, 6) is -0.418. The maximum absolute atomic E-state index is 12.8. The second-order valence-electron chi connectivity index (χ2n) is 8.21. The molecule has 5 rings (SSSR count). The third kappa shape index (κ3) is 4.54. The van der Waals surface area contributed by atoms with Gasteiger partial charge in [0.2, 0.25) is 0 Å². The van der Waals surface area contributed by atoms with Crippen molar-refractivity contribution in [1.82, 2.24) is 25.2 Å². The fourth-order valence-electron chi connectivity index (χ4n) is 3.76. The van der Waals surface area contributed by atoms with Crippen molar-refractivity contribution in [2.24, 2.45) is 5.92 Å². The Morgan fingerprint density at radius 2 is 2.06 bits per heavy atom. The van der Waals surface area contributed by atoms with E-state index in [1.54, 1.807) is 17.5 Å². The molecule has 33 heavy (non-hydrogen) atoms. The lowest BCUT2D eigenvalue weighted by Gasteiger charge is -2.20. The van der Waals surface area contributed by atoms with Crippen LogP contribution in [0.3, 0.4) is 0 Å². The van der Waals surface area contributed by atoms with E-state index in [1.165, 1.54) is 24.4 Å². The number of fused-ring (bicyclic) bond motifs is 1. The van der Waals surface area contributed by atoms with Gasteiger partial charge in [0.1, 0.15) is 17.3 Å². The minimum atomic E-state index is -4.79. The van der Waals surface area contributed by atoms with Gasteiger partial charge in [-0.1, -0.05) is 6.92 Å². The van der Waals surface area contributed by atoms with Crippen molar-refractivity contribution in [1.29, 1.82) is 0 Å². The van der Waals surface area contributed by atoms with Gasteiger partial charge in [-0.25, -0.2) is 9.78 Å². The van der Waals surface area contributed by atoms with E-state index in [9.17, 15) is 22.8 Å². The van der Waals surface area contributed by atoms with Crippen LogP contribution in [0.1, 0.15) is 37.4 Å². The zero-order valence-electron chi connectivity index (χ0n) is 17.4. The third-order valence-electron chi connectivity index (χ3n) is 5.32. The maximum Gasteiger partial charge on any atom is 0.573 e. The Labute approximate surface area is 185 Å². The Hall–Kier alpha value is -3.83. The Kier molecular flexibility index (Phi) is 4.87. The Morgan fingerprint density at radius 1 is 1.27 bits per heavy atom. The molecule has 0 radical (unpaired) electrons. The number of alkyl halides is 3. The van der Waals surface area contributed by atoms with Crippen LogP contribution in [0.2, 0.25) is 0 Å². The molecule has 0 bridgehead atoms. The summed E-state index contributed by atoms with van der Waals surface area (Å²) >= 11 is 0. The normalized spacial score (nSPS) is 22.2. The van der Waals surface area contributed by atoms with Gasteiger partial charge in [-0.3, -0.25) is 10.1 Å². The predicted molar refractivity (Wildman–Crippen MR) is 111 cm³/mol. The molecule has 172 valence electrons. The number of carbonyl (C=O) groups is 2. The number of allylic oxidation sites excluding steroid dienone is 3. The van der Waals surface area contributed by atoms with Gasteiger partial charge in [0, 0.05) is 17.7 Å². The first-order valence-electron chi connectivity index (χ1n) is 10.3. The topological polar surface area (TPSA) is 110 Å². The molecule has 1 atom stereocenters. The second-order valence-corrected chi connectivity index (χ2v) is 8.21. The minimum absolute atomic E-state index is 0.0492. The molecule has 2 aromatic rings. The second kappa shape index (κ2) is 7.64. The summed E-state index contributed by atoms with van der Waals surface area (Å²) in [7, 11) is 0. The molecular weight excluding hydrogens is 441 g/mol. The van der Waals surface area contributed by atoms with E-state index in [-0.39, 0.29) is 23.4 Å². The van der Waals surface area contributed by atoms with Gasteiger partial charge in [-0.2, -0.15) is 9.61 Å². The lowest BCUT2D eigenvalue weighted by molar-refractivity contribution is -0.303. The molecule has 3 aliphatic rings. The average molecular weight is 460 g/mol. The standard InChI is InChI=1S/C21H19F3N6O3/c1-10-4-11(6-14(5-10)33-21(22,23)24)15-8-17(26-13-2-3-13)30-18(27-15)12(9-25-30)7-16-19(31)29-20(32)28-16/h5-10,13,26H,2-4H2,1H3,(H2,28,29,31,32)/b16-7-. The molecule has 3 N–H and O–H groups in total. The number of anilines is 1. The summed E-state index contributed by atoms with van der Waals surface area (Å²) < 4.78 is 44.1. The minimum Gasteiger partial charge on any atom is -0.406 e. The van der Waals surface area contributed by atoms with Gasteiger partial charge in [-0.05, 0) is 49.0 Å². The quantitative estimate of drug-likeness (QED) is 0.467. The first kappa shape index (κ1) is 21.0. The van der Waals surface area contributed by atoms with Gasteiger partial charge in [0.25, 0.3) is 5.91 Å². The van der Waals surface area contributed by atoms with Crippen LogP contribution in [0.4, 0.5) is 23.8 Å². The van der Waals surface area contributed by atoms with Crippen LogP contribution in [0.25, 0.3) is 17.3 Å². The summed E-state index contributed by atoms with van der Waals surface area (Å²) in [5, 5.41) is 12.2. The highest BCUT2D eigenvalue weighted by molar-refractivity contribution is 6.14. The van der Waals surface area contributed by atoms with Crippen molar-refractivity contribution >= 4 is 35.1 Å². The van der Waals surface area contributed by atoms with Crippen molar-refractivity contribution in [2.75, 3.05) is 5.32 Å². The van der Waals surface area contributed by atoms with E-state index >= 15 is 0 Å². The number of imide groups is 1. The summed E-state index contributed by atoms with van der Waals surface area (Å²) in [6.45, 7) is 1.80. The third-order valence-corrected chi connectivity index (χ3v) is 5.32. The van der Waals surface area contributed by atoms with E-state index in [4.69, 9.17) is 0 Å². The van der Waals surface area contributed by atoms with Crippen LogP contribution in [0, 0.1) is 5.92 Å². The Morgan fingerprint density at radius 3 is 2.73 bits per heavy atom. The van der Waals surface area contributed by atoms with Crippen molar-refractivity contribution in [2.45, 2.75) is 38.6 Å². The number of urea groups is 1. The summed E-state index contributed by atoms with van der Waals surface area (Å²) in [4.78, 5) is 28.0. The summed E-state index contributed by atoms with van der Waals surface area (Å²) in [5.41, 5.74) is 1.95. The van der Waals surface area contributed by atoms with Crippen LogP contribution in [-0.4, -0.2) is 38.9 Å². The lowest BCUT2D eigenvalue weighted by atomic mass is 9.93. The molecule has 2 aromatic heterocycles. The number of aromatic nitrogens is 3. The van der Waals surface area contributed by atoms with Crippen molar-refractivity contribution in [3.8, 4) is 0 Å². The van der Waals surface area contributed by atoms with Crippen LogP contribution in [-0.2, 0) is 9.53 Å². The molecule has 3 heterocycles. The van der Waals surface area contributed by atoms with Crippen LogP contribution in [0.15, 0.2) is 35.9 Å². The molecule has 1 saturated carbocycles. The SMILES string of the molecule is CC1C=C(OC(F)(F)F)C=C(c2cc(NC3CC3)n3ncc(/C=C4\NC(=O)NC4=O)c3n2)C1. The summed E-state index contributed by atoms with van der Waals surface area (Å²) in [6.07, 6.45) is 3.39. The van der Waals surface area contributed by atoms with E-state index in [0.29, 0.717) is 34.7 Å². The van der Waals surface area contributed by atoms with E-state index in [0.717, 1.165) is 12.8 Å². The fraction of sp³-hybridized carbons (Fsp3) is 0.333. The highest BCUT2D eigenvalue weighted by Gasteiger charge is 2.33. The molecule has 0 aromatic carbocycles. The highest BCUT2D eigenvalue weighted by Crippen LogP contribution is 2.35. The number of ether oxygens (including phenoxy) is 1. The molecule has 12 heteroatoms. The number of nitrogens with zero attached hydrogens (tertiary/aromatic N) is 3. The average Bonchev–Trinajstić information content (AvgIpc) is 3.34. The molecule has 2 fully saturated rings. The number of nitrogens with one attached hydrogen (secondary N) is 3. The van der Waals surface area contributed by atoms with Gasteiger partial charge in [-0.15, -0.1) is 13.2 Å². The van der Waals surface area contributed by atoms with Gasteiger partial charge >= 0.3 is 12.4 Å². The molecule has 1 unspecified atom stereocenters. The highest BCUT2D eigenvalue weighted by atomic mass is 19.4. The summed E-state index contributed by atoms with van der Waals surface area (Å²) in [6, 6.07) is 1.39. The molecular formula is C21H19F3N6O3. The van der Waals surface area contributed by atoms with Crippen molar-refractivity contribution < 1.29 is 27.5 Å². The van der Waals surface area contributed by atoms with Crippen molar-refractivity contribution in [3.63, 3.8) is 0 Å². The van der Waals surface area contributed by atoms with Crippen LogP contribution >= 0.6 is 0 Å². The van der Waals surface area contributed by atoms with E-state index < -0.39 is 18.3 Å². The molecule has 1 saturated heterocycles. The van der Waals surface area contributed by atoms with Crippen LogP contribution < -0.4 is 16.0 Å². The first-order chi connectivity index (χ1) is 15.6. The molecule has 9 nitrogen and oxygen atoms in total. The number of amides is 3. The van der Waals surface area contributed by atoms with Gasteiger partial charge in [0.05, 0.1) is 11.9 Å². The Bertz CT molecular complexity index is 1260. The number of rotatable bonds is 5. The monoisotopic (exact) mass is 460 g/mol. The van der Waals surface area contributed by atoms with E-state index in [2.05, 4.69) is 30.8 Å². The predicted octanol–water partition coefficient (Wildman–Crippen LogP) is 3.33. The lowest BCUT2D eigenvalue weighted by Crippen LogP contribution is -2.22. The van der Waals surface area contributed by atoms with E-state index in [1.807, 2.05) is 0 Å². The number of hydrogen-bond acceptors (Lipinski definition) is 6. The number of hydrogen-bond donors (Lipinski definition) is 3. The largest absolute Gasteiger partial charge is 0.573 e. The number of carbonyl (C=O) groups excluding carboxylic acids is 2. The molecule has 0 spiro atoms. The zero-order valence-corrected chi connectivity index (χ0v) is 17.4. The van der Waals surface area contributed by atoms with Crippen LogP contribution in [0.5, 0.6) is 0 Å². The first-order valence-corrected chi connectivity index (χ1v) is 10.3. The maximum atomic E-state index is 12.8. The molecule has 2 aliphatic carbocycles. The smallest absolute Gasteiger partial charge is 0.406 e.